The summed E-state index contributed by atoms with van der Waals surface area (Å²) >= 11 is 0. The van der Waals surface area contributed by atoms with E-state index in [4.69, 9.17) is 0 Å². The van der Waals surface area contributed by atoms with Gasteiger partial charge in [-0.05, 0) is 23.3 Å². The van der Waals surface area contributed by atoms with Crippen LogP contribution in [0.15, 0.2) is 34.7 Å². The summed E-state index contributed by atoms with van der Waals surface area (Å²) in [4.78, 5) is 4.18. The molecule has 0 aliphatic carbocycles. The Kier molecular flexibility index (Phi) is 3.47. The van der Waals surface area contributed by atoms with Gasteiger partial charge >= 0.3 is 0 Å². The van der Waals surface area contributed by atoms with Crippen molar-refractivity contribution < 1.29 is 8.42 Å². The SMILES string of the molecule is BS(=O)(=O)c1ccc(/C=N\C)c(C=C)c1. The van der Waals surface area contributed by atoms with Crippen LogP contribution in [-0.2, 0) is 9.69 Å². The minimum atomic E-state index is -3.16. The van der Waals surface area contributed by atoms with Crippen LogP contribution in [0.1, 0.15) is 11.1 Å². The lowest BCUT2D eigenvalue weighted by Crippen LogP contribution is -2.00. The van der Waals surface area contributed by atoms with Crippen LogP contribution in [0.2, 0.25) is 0 Å². The van der Waals surface area contributed by atoms with Crippen molar-refractivity contribution in [3.63, 3.8) is 0 Å². The number of hydrogen-bond donors (Lipinski definition) is 0. The standard InChI is InChI=1S/C10H12BNO2S/c1-3-8-6-10(15(11,13)14)5-4-9(8)7-12-2/h3-7H,1,11H2,2H3/b12-7-. The third-order valence-electron chi connectivity index (χ3n) is 1.97. The lowest BCUT2D eigenvalue weighted by Gasteiger charge is -2.03. The Morgan fingerprint density at radius 2 is 2.07 bits per heavy atom. The Hall–Kier alpha value is -1.36. The van der Waals surface area contributed by atoms with Gasteiger partial charge < -0.3 is 0 Å². The second-order valence-corrected chi connectivity index (χ2v) is 5.17. The molecule has 0 heterocycles. The van der Waals surface area contributed by atoms with Gasteiger partial charge in [-0.1, -0.05) is 18.7 Å². The van der Waals surface area contributed by atoms with Crippen molar-refractivity contribution >= 4 is 29.1 Å². The van der Waals surface area contributed by atoms with Gasteiger partial charge in [0.05, 0.1) is 4.90 Å². The van der Waals surface area contributed by atoms with E-state index in [2.05, 4.69) is 11.6 Å². The van der Waals surface area contributed by atoms with Crippen molar-refractivity contribution in [2.75, 3.05) is 7.05 Å². The summed E-state index contributed by atoms with van der Waals surface area (Å²) in [5, 5.41) is 0. The molecule has 0 aliphatic heterocycles. The van der Waals surface area contributed by atoms with E-state index >= 15 is 0 Å². The molecule has 0 bridgehead atoms. The van der Waals surface area contributed by atoms with Gasteiger partial charge in [0.1, 0.15) is 9.69 Å². The molecule has 15 heavy (non-hydrogen) atoms. The zero-order valence-electron chi connectivity index (χ0n) is 8.77. The van der Waals surface area contributed by atoms with Gasteiger partial charge in [-0.2, -0.15) is 0 Å². The molecule has 0 atom stereocenters. The smallest absolute Gasteiger partial charge is 0.262 e. The van der Waals surface area contributed by atoms with Crippen LogP contribution >= 0.6 is 0 Å². The number of rotatable bonds is 3. The topological polar surface area (TPSA) is 46.5 Å². The first-order valence-corrected chi connectivity index (χ1v) is 6.27. The Balaban J connectivity index is 3.38. The van der Waals surface area contributed by atoms with Crippen molar-refractivity contribution in [3.05, 3.63) is 35.9 Å². The van der Waals surface area contributed by atoms with Crippen molar-refractivity contribution in [3.8, 4) is 0 Å². The predicted molar refractivity (Wildman–Crippen MR) is 65.8 cm³/mol. The summed E-state index contributed by atoms with van der Waals surface area (Å²) in [5.41, 5.74) is 1.63. The van der Waals surface area contributed by atoms with Crippen molar-refractivity contribution in [2.24, 2.45) is 4.99 Å². The summed E-state index contributed by atoms with van der Waals surface area (Å²) in [6.45, 7) is 3.64. The third-order valence-corrected chi connectivity index (χ3v) is 3.08. The van der Waals surface area contributed by atoms with E-state index in [9.17, 15) is 8.42 Å². The second-order valence-electron chi connectivity index (χ2n) is 3.15. The molecule has 0 fully saturated rings. The summed E-state index contributed by atoms with van der Waals surface area (Å²) in [5.74, 6) is 0. The highest BCUT2D eigenvalue weighted by Gasteiger charge is 2.08. The second kappa shape index (κ2) is 4.44. The average Bonchev–Trinajstić information content (AvgIpc) is 2.17. The fourth-order valence-corrected chi connectivity index (χ4v) is 1.87. The van der Waals surface area contributed by atoms with Crippen LogP contribution in [0, 0.1) is 0 Å². The van der Waals surface area contributed by atoms with Crippen molar-refractivity contribution in [1.29, 1.82) is 0 Å². The van der Waals surface area contributed by atoms with Crippen LogP contribution in [0.5, 0.6) is 0 Å². The lowest BCUT2D eigenvalue weighted by molar-refractivity contribution is 0.609. The van der Waals surface area contributed by atoms with Crippen LogP contribution in [-0.4, -0.2) is 28.8 Å². The van der Waals surface area contributed by atoms with Crippen LogP contribution < -0.4 is 0 Å². The molecule has 0 N–H and O–H groups in total. The molecule has 78 valence electrons. The first-order chi connectivity index (χ1) is 6.99. The fraction of sp³-hybridized carbons (Fsp3) is 0.100. The molecular weight excluding hydrogens is 209 g/mol. The van der Waals surface area contributed by atoms with E-state index in [0.29, 0.717) is 4.90 Å². The molecule has 1 aromatic rings. The minimum absolute atomic E-state index is 0.297. The number of hydrogen-bond acceptors (Lipinski definition) is 3. The van der Waals surface area contributed by atoms with E-state index in [1.807, 2.05) is 0 Å². The van der Waals surface area contributed by atoms with Gasteiger partial charge in [-0.15, -0.1) is 0 Å². The highest BCUT2D eigenvalue weighted by atomic mass is 32.2. The molecule has 0 spiro atoms. The molecule has 1 rings (SSSR count). The van der Waals surface area contributed by atoms with Gasteiger partial charge in [0.25, 0.3) is 7.12 Å². The molecule has 0 unspecified atom stereocenters. The summed E-state index contributed by atoms with van der Waals surface area (Å²) in [7, 11) is -0.312. The monoisotopic (exact) mass is 221 g/mol. The fourth-order valence-electron chi connectivity index (χ4n) is 1.22. The van der Waals surface area contributed by atoms with Crippen molar-refractivity contribution in [1.82, 2.24) is 0 Å². The number of benzene rings is 1. The Morgan fingerprint density at radius 1 is 1.40 bits per heavy atom. The summed E-state index contributed by atoms with van der Waals surface area (Å²) in [6.07, 6.45) is 3.29. The number of nitrogens with zero attached hydrogens (tertiary/aromatic N) is 1. The quantitative estimate of drug-likeness (QED) is 0.557. The van der Waals surface area contributed by atoms with Crippen molar-refractivity contribution in [2.45, 2.75) is 4.90 Å². The lowest BCUT2D eigenvalue weighted by atomic mass is 10.1. The van der Waals surface area contributed by atoms with Crippen LogP contribution in [0.3, 0.4) is 0 Å². The molecule has 0 saturated carbocycles. The normalized spacial score (nSPS) is 11.8. The summed E-state index contributed by atoms with van der Waals surface area (Å²) < 4.78 is 22.6. The van der Waals surface area contributed by atoms with Gasteiger partial charge in [0.2, 0.25) is 0 Å². The molecule has 0 aliphatic rings. The molecular formula is C10H12BNO2S. The largest absolute Gasteiger partial charge is 0.296 e. The Bertz CT molecular complexity index is 506. The molecule has 3 nitrogen and oxygen atoms in total. The van der Waals surface area contributed by atoms with Crippen LogP contribution in [0.4, 0.5) is 0 Å². The number of aliphatic imine (C=N–C) groups is 1. The highest BCUT2D eigenvalue weighted by Crippen LogP contribution is 2.15. The van der Waals surface area contributed by atoms with Gasteiger partial charge in [0.15, 0.2) is 0 Å². The van der Waals surface area contributed by atoms with Crippen LogP contribution in [0.25, 0.3) is 6.08 Å². The average molecular weight is 221 g/mol. The third kappa shape index (κ3) is 2.79. The molecule has 0 saturated heterocycles. The van der Waals surface area contributed by atoms with E-state index in [-0.39, 0.29) is 0 Å². The summed E-state index contributed by atoms with van der Waals surface area (Å²) in [6, 6.07) is 4.89. The highest BCUT2D eigenvalue weighted by molar-refractivity contribution is 8.12. The maximum Gasteiger partial charge on any atom is 0.262 e. The molecule has 1 aromatic carbocycles. The maximum absolute atomic E-state index is 11.3. The molecule has 0 radical (unpaired) electrons. The molecule has 5 heteroatoms. The maximum atomic E-state index is 11.3. The Labute approximate surface area is 90.8 Å². The van der Waals surface area contributed by atoms with Gasteiger partial charge in [-0.25, -0.2) is 8.42 Å². The predicted octanol–water partition coefficient (Wildman–Crippen LogP) is 0.700. The van der Waals surface area contributed by atoms with E-state index in [1.165, 1.54) is 7.12 Å². The minimum Gasteiger partial charge on any atom is -0.296 e. The zero-order valence-corrected chi connectivity index (χ0v) is 9.58. The molecule has 0 amide bonds. The first kappa shape index (κ1) is 11.7. The van der Waals surface area contributed by atoms with Gasteiger partial charge in [-0.3, -0.25) is 4.99 Å². The molecule has 0 aromatic heterocycles. The zero-order chi connectivity index (χ0) is 11.5. The van der Waals surface area contributed by atoms with Gasteiger partial charge in [0, 0.05) is 13.3 Å². The Morgan fingerprint density at radius 3 is 2.53 bits per heavy atom. The van der Waals surface area contributed by atoms with E-state index in [0.717, 1.165) is 11.1 Å². The van der Waals surface area contributed by atoms with E-state index < -0.39 is 9.69 Å². The first-order valence-electron chi connectivity index (χ1n) is 4.37. The van der Waals surface area contributed by atoms with E-state index in [1.54, 1.807) is 37.5 Å².